The van der Waals surface area contributed by atoms with E-state index in [1.54, 1.807) is 36.0 Å². The Bertz CT molecular complexity index is 1340. The molecule has 3 heterocycles. The van der Waals surface area contributed by atoms with Crippen molar-refractivity contribution in [3.8, 4) is 6.07 Å². The van der Waals surface area contributed by atoms with E-state index in [4.69, 9.17) is 5.26 Å². The molecule has 3 atom stereocenters. The fourth-order valence-electron chi connectivity index (χ4n) is 5.50. The molecule has 1 aromatic carbocycles. The normalized spacial score (nSPS) is 19.8. The van der Waals surface area contributed by atoms with E-state index in [0.717, 1.165) is 30.5 Å². The lowest BCUT2D eigenvalue weighted by Crippen LogP contribution is -2.59. The number of hydrogen-bond donors (Lipinski definition) is 0. The minimum absolute atomic E-state index is 0.0132. The van der Waals surface area contributed by atoms with Crippen LogP contribution in [0.3, 0.4) is 0 Å². The number of rotatable bonds is 7. The van der Waals surface area contributed by atoms with Crippen LogP contribution < -0.4 is 10.5 Å². The SMILES string of the molecule is CCC(c1ccc(C(F)(F)F)cc1)N1C[C@H](CC)N(c2cc(=O)n(C)n3cc(CC#N)nc23)C[C@H]1CC. The lowest BCUT2D eigenvalue weighted by Gasteiger charge is -2.50. The zero-order chi connectivity index (χ0) is 26.9. The van der Waals surface area contributed by atoms with E-state index in [1.165, 1.54) is 16.8 Å². The summed E-state index contributed by atoms with van der Waals surface area (Å²) in [5.74, 6) is 0. The molecule has 1 unspecified atom stereocenters. The second kappa shape index (κ2) is 10.6. The van der Waals surface area contributed by atoms with Crippen molar-refractivity contribution in [1.82, 2.24) is 19.1 Å². The molecular formula is C27H33F3N6O. The fourth-order valence-corrected chi connectivity index (χ4v) is 5.50. The highest BCUT2D eigenvalue weighted by atomic mass is 19.4. The summed E-state index contributed by atoms with van der Waals surface area (Å²) in [5.41, 5.74) is 2.08. The van der Waals surface area contributed by atoms with E-state index in [9.17, 15) is 18.0 Å². The van der Waals surface area contributed by atoms with Gasteiger partial charge in [-0.1, -0.05) is 32.9 Å². The first-order valence-corrected chi connectivity index (χ1v) is 12.8. The topological polar surface area (TPSA) is 69.6 Å². The Morgan fingerprint density at radius 2 is 1.78 bits per heavy atom. The molecule has 4 rings (SSSR count). The van der Waals surface area contributed by atoms with Gasteiger partial charge in [-0.05, 0) is 37.0 Å². The minimum atomic E-state index is -4.36. The van der Waals surface area contributed by atoms with E-state index in [-0.39, 0.29) is 30.1 Å². The van der Waals surface area contributed by atoms with Crippen molar-refractivity contribution in [3.05, 3.63) is 63.7 Å². The van der Waals surface area contributed by atoms with Crippen LogP contribution >= 0.6 is 0 Å². The molecule has 0 spiro atoms. The number of benzene rings is 1. The number of fused-ring (bicyclic) bond motifs is 1. The van der Waals surface area contributed by atoms with Crippen molar-refractivity contribution >= 4 is 11.3 Å². The van der Waals surface area contributed by atoms with Crippen LogP contribution in [0, 0.1) is 11.3 Å². The predicted octanol–water partition coefficient (Wildman–Crippen LogP) is 4.95. The fraction of sp³-hybridized carbons (Fsp3) is 0.519. The number of aromatic nitrogens is 3. The van der Waals surface area contributed by atoms with Crippen LogP contribution in [0.1, 0.15) is 62.9 Å². The highest BCUT2D eigenvalue weighted by Gasteiger charge is 2.37. The summed E-state index contributed by atoms with van der Waals surface area (Å²) < 4.78 is 42.6. The number of imidazole rings is 1. The van der Waals surface area contributed by atoms with Crippen molar-refractivity contribution in [3.63, 3.8) is 0 Å². The largest absolute Gasteiger partial charge is 0.416 e. The standard InChI is InChI=1S/C27H33F3N6O/c1-5-21-17-35(24-14-25(37)33(4)36-15-20(12-13-31)32-26(24)36)22(6-2)16-34(21)23(7-3)18-8-10-19(11-9-18)27(28,29)30/h8-11,14-15,21-23H,5-7,12,16-17H2,1-4H3/t21-,22+,23?/m1/s1. The number of alkyl halides is 3. The van der Waals surface area contributed by atoms with E-state index in [0.29, 0.717) is 24.4 Å². The van der Waals surface area contributed by atoms with E-state index >= 15 is 0 Å². The van der Waals surface area contributed by atoms with Crippen molar-refractivity contribution in [2.24, 2.45) is 7.05 Å². The molecular weight excluding hydrogens is 481 g/mol. The number of anilines is 1. The molecule has 7 nitrogen and oxygen atoms in total. The summed E-state index contributed by atoms with van der Waals surface area (Å²) in [6.45, 7) is 7.65. The van der Waals surface area contributed by atoms with Gasteiger partial charge in [-0.2, -0.15) is 18.4 Å². The summed E-state index contributed by atoms with van der Waals surface area (Å²) in [5, 5.41) is 9.15. The summed E-state index contributed by atoms with van der Waals surface area (Å²) in [6.07, 6.45) is -0.0307. The van der Waals surface area contributed by atoms with Crippen LogP contribution in [-0.2, 0) is 19.6 Å². The molecule has 0 amide bonds. The zero-order valence-electron chi connectivity index (χ0n) is 21.7. The average molecular weight is 515 g/mol. The van der Waals surface area contributed by atoms with Gasteiger partial charge < -0.3 is 4.90 Å². The Morgan fingerprint density at radius 1 is 1.11 bits per heavy atom. The predicted molar refractivity (Wildman–Crippen MR) is 136 cm³/mol. The molecule has 10 heteroatoms. The molecule has 1 saturated heterocycles. The Kier molecular flexibility index (Phi) is 7.64. The molecule has 1 aliphatic rings. The number of halogens is 3. The first-order valence-electron chi connectivity index (χ1n) is 12.8. The Balaban J connectivity index is 1.70. The van der Waals surface area contributed by atoms with E-state index in [1.807, 2.05) is 0 Å². The summed E-state index contributed by atoms with van der Waals surface area (Å²) in [7, 11) is 1.68. The molecule has 37 heavy (non-hydrogen) atoms. The molecule has 198 valence electrons. The van der Waals surface area contributed by atoms with Gasteiger partial charge in [0.1, 0.15) is 0 Å². The van der Waals surface area contributed by atoms with Crippen molar-refractivity contribution < 1.29 is 13.2 Å². The Hall–Kier alpha value is -3.32. The van der Waals surface area contributed by atoms with Crippen LogP contribution in [0.25, 0.3) is 5.65 Å². The highest BCUT2D eigenvalue weighted by Crippen LogP contribution is 2.36. The molecule has 0 N–H and O–H groups in total. The second-order valence-electron chi connectivity index (χ2n) is 9.64. The molecule has 0 radical (unpaired) electrons. The zero-order valence-corrected chi connectivity index (χ0v) is 21.7. The number of hydrogen-bond acceptors (Lipinski definition) is 5. The van der Waals surface area contributed by atoms with Gasteiger partial charge in [0, 0.05) is 44.3 Å². The van der Waals surface area contributed by atoms with Crippen LogP contribution in [0.15, 0.2) is 41.3 Å². The lowest BCUT2D eigenvalue weighted by molar-refractivity contribution is -0.137. The number of aryl methyl sites for hydroxylation is 1. The molecule has 0 aliphatic carbocycles. The van der Waals surface area contributed by atoms with E-state index < -0.39 is 11.7 Å². The maximum absolute atomic E-state index is 13.1. The van der Waals surface area contributed by atoms with Gasteiger partial charge in [0.15, 0.2) is 5.65 Å². The molecule has 0 bridgehead atoms. The van der Waals surface area contributed by atoms with Crippen LogP contribution in [-0.4, -0.2) is 44.3 Å². The number of nitrogens with zero attached hydrogens (tertiary/aromatic N) is 6. The van der Waals surface area contributed by atoms with Gasteiger partial charge in [0.05, 0.1) is 35.6 Å². The molecule has 1 fully saturated rings. The van der Waals surface area contributed by atoms with E-state index in [2.05, 4.69) is 41.6 Å². The van der Waals surface area contributed by atoms with Gasteiger partial charge in [-0.15, -0.1) is 0 Å². The maximum atomic E-state index is 13.1. The number of nitriles is 1. The summed E-state index contributed by atoms with van der Waals surface area (Å²) >= 11 is 0. The number of piperazine rings is 1. The first kappa shape index (κ1) is 26.7. The van der Waals surface area contributed by atoms with Gasteiger partial charge in [-0.3, -0.25) is 9.69 Å². The lowest BCUT2D eigenvalue weighted by atomic mass is 9.94. The van der Waals surface area contributed by atoms with Gasteiger partial charge in [0.25, 0.3) is 5.56 Å². The molecule has 2 aromatic heterocycles. The third-order valence-corrected chi connectivity index (χ3v) is 7.53. The minimum Gasteiger partial charge on any atom is -0.362 e. The average Bonchev–Trinajstić information content (AvgIpc) is 3.30. The highest BCUT2D eigenvalue weighted by molar-refractivity contribution is 5.69. The quantitative estimate of drug-likeness (QED) is 0.446. The van der Waals surface area contributed by atoms with Gasteiger partial charge in [0.2, 0.25) is 0 Å². The molecule has 1 aliphatic heterocycles. The third kappa shape index (κ3) is 5.10. The van der Waals surface area contributed by atoms with Crippen molar-refractivity contribution in [2.45, 2.75) is 70.8 Å². The maximum Gasteiger partial charge on any atom is 0.416 e. The molecule has 0 saturated carbocycles. The van der Waals surface area contributed by atoms with Crippen LogP contribution in [0.4, 0.5) is 18.9 Å². The summed E-state index contributed by atoms with van der Waals surface area (Å²) in [4.78, 5) is 22.2. The summed E-state index contributed by atoms with van der Waals surface area (Å²) in [6, 6.07) is 9.48. The Labute approximate surface area is 214 Å². The van der Waals surface area contributed by atoms with Crippen molar-refractivity contribution in [1.29, 1.82) is 5.26 Å². The first-order chi connectivity index (χ1) is 17.6. The van der Waals surface area contributed by atoms with Crippen LogP contribution in [0.2, 0.25) is 0 Å². The molecule has 3 aromatic rings. The second-order valence-corrected chi connectivity index (χ2v) is 9.64. The van der Waals surface area contributed by atoms with Gasteiger partial charge >= 0.3 is 6.18 Å². The third-order valence-electron chi connectivity index (χ3n) is 7.53. The monoisotopic (exact) mass is 514 g/mol. The van der Waals surface area contributed by atoms with Crippen LogP contribution in [0.5, 0.6) is 0 Å². The smallest absolute Gasteiger partial charge is 0.362 e. The van der Waals surface area contributed by atoms with Gasteiger partial charge in [-0.25, -0.2) is 14.2 Å². The van der Waals surface area contributed by atoms with Crippen molar-refractivity contribution in [2.75, 3.05) is 18.0 Å². The Morgan fingerprint density at radius 3 is 2.35 bits per heavy atom.